The molecule has 0 atom stereocenters. The van der Waals surface area contributed by atoms with Gasteiger partial charge in [-0.2, -0.15) is 9.90 Å². The van der Waals surface area contributed by atoms with Gasteiger partial charge in [-0.15, -0.1) is 5.10 Å². The zero-order valence-corrected chi connectivity index (χ0v) is 13.9. The van der Waals surface area contributed by atoms with Crippen molar-refractivity contribution in [3.05, 3.63) is 65.6 Å². The number of likely N-dealkylation sites (tertiary alicyclic amines) is 1. The predicted octanol–water partition coefficient (Wildman–Crippen LogP) is 2.22. The Morgan fingerprint density at radius 1 is 1.16 bits per heavy atom. The minimum absolute atomic E-state index is 0.125. The Hall–Kier alpha value is -2.93. The molecule has 0 spiro atoms. The molecule has 0 N–H and O–H groups in total. The highest BCUT2D eigenvalue weighted by Gasteiger charge is 2.34. The van der Waals surface area contributed by atoms with Crippen molar-refractivity contribution in [3.8, 4) is 11.6 Å². The van der Waals surface area contributed by atoms with Gasteiger partial charge < -0.3 is 9.64 Å². The van der Waals surface area contributed by atoms with Gasteiger partial charge in [0.2, 0.25) is 5.88 Å². The fourth-order valence-electron chi connectivity index (χ4n) is 2.50. The number of amides is 1. The molecule has 0 radical (unpaired) electrons. The molecule has 0 unspecified atom stereocenters. The minimum atomic E-state index is -0.172. The molecule has 0 bridgehead atoms. The Labute approximate surface area is 148 Å². The third kappa shape index (κ3) is 3.18. The first-order chi connectivity index (χ1) is 12.2. The minimum Gasteiger partial charge on any atom is -0.470 e. The van der Waals surface area contributed by atoms with E-state index in [-0.39, 0.29) is 12.0 Å². The summed E-state index contributed by atoms with van der Waals surface area (Å²) in [6, 6.07) is 12.9. The fraction of sp³-hybridized carbons (Fsp3) is 0.176. The van der Waals surface area contributed by atoms with E-state index in [2.05, 4.69) is 15.2 Å². The van der Waals surface area contributed by atoms with Crippen molar-refractivity contribution in [1.29, 1.82) is 0 Å². The lowest BCUT2D eigenvalue weighted by Crippen LogP contribution is -2.56. The predicted molar refractivity (Wildman–Crippen MR) is 90.9 cm³/mol. The van der Waals surface area contributed by atoms with E-state index in [1.54, 1.807) is 23.2 Å². The molecule has 1 aliphatic rings. The highest BCUT2D eigenvalue weighted by atomic mass is 35.5. The van der Waals surface area contributed by atoms with E-state index in [4.69, 9.17) is 16.3 Å². The summed E-state index contributed by atoms with van der Waals surface area (Å²) in [7, 11) is 0. The van der Waals surface area contributed by atoms with E-state index >= 15 is 0 Å². The molecule has 1 aliphatic heterocycles. The first kappa shape index (κ1) is 15.6. The van der Waals surface area contributed by atoms with Gasteiger partial charge in [0.25, 0.3) is 5.91 Å². The monoisotopic (exact) mass is 355 g/mol. The summed E-state index contributed by atoms with van der Waals surface area (Å²) < 4.78 is 5.69. The summed E-state index contributed by atoms with van der Waals surface area (Å²) in [6.07, 6.45) is 2.96. The summed E-state index contributed by atoms with van der Waals surface area (Å²) in [5.41, 5.74) is 1.11. The second-order valence-electron chi connectivity index (χ2n) is 5.60. The van der Waals surface area contributed by atoms with Gasteiger partial charge in [-0.05, 0) is 24.3 Å². The van der Waals surface area contributed by atoms with Crippen LogP contribution in [-0.4, -0.2) is 50.0 Å². The van der Waals surface area contributed by atoms with Crippen LogP contribution in [0.25, 0.3) is 5.69 Å². The number of hydrogen-bond acceptors (Lipinski definition) is 5. The molecule has 2 aromatic heterocycles. The van der Waals surface area contributed by atoms with Crippen molar-refractivity contribution < 1.29 is 9.53 Å². The number of ether oxygens (including phenoxy) is 1. The van der Waals surface area contributed by atoms with Crippen molar-refractivity contribution in [2.24, 2.45) is 0 Å². The Kier molecular flexibility index (Phi) is 4.07. The van der Waals surface area contributed by atoms with Crippen LogP contribution in [0.3, 0.4) is 0 Å². The van der Waals surface area contributed by atoms with E-state index < -0.39 is 0 Å². The van der Waals surface area contributed by atoms with Gasteiger partial charge in [0.05, 0.1) is 25.0 Å². The lowest BCUT2D eigenvalue weighted by Gasteiger charge is -2.38. The Bertz CT molecular complexity index is 893. The van der Waals surface area contributed by atoms with Crippen molar-refractivity contribution in [1.82, 2.24) is 24.9 Å². The lowest BCUT2D eigenvalue weighted by atomic mass is 10.1. The standard InChI is InChI=1S/C17H14ClN5O2/c18-14-7-4-8-19-16(14)25-13-10-22(11-13)17(24)15-9-20-23(21-15)12-5-2-1-3-6-12/h1-9,13H,10-11H2. The molecule has 1 aromatic carbocycles. The molecular formula is C17H14ClN5O2. The third-order valence-electron chi connectivity index (χ3n) is 3.84. The van der Waals surface area contributed by atoms with E-state index in [1.165, 1.54) is 11.0 Å². The normalized spacial score (nSPS) is 14.2. The second-order valence-corrected chi connectivity index (χ2v) is 6.00. The summed E-state index contributed by atoms with van der Waals surface area (Å²) in [4.78, 5) is 19.6. The van der Waals surface area contributed by atoms with E-state index in [1.807, 2.05) is 30.3 Å². The van der Waals surface area contributed by atoms with Crippen LogP contribution in [0, 0.1) is 0 Å². The SMILES string of the molecule is O=C(c1cnn(-c2ccccc2)n1)N1CC(Oc2ncccc2Cl)C1. The number of nitrogens with zero attached hydrogens (tertiary/aromatic N) is 5. The molecule has 1 saturated heterocycles. The maximum atomic E-state index is 12.4. The van der Waals surface area contributed by atoms with Crippen LogP contribution in [0.2, 0.25) is 5.02 Å². The molecule has 1 fully saturated rings. The number of rotatable bonds is 4. The number of benzene rings is 1. The Balaban J connectivity index is 1.37. The van der Waals surface area contributed by atoms with E-state index in [0.29, 0.717) is 29.7 Å². The molecule has 1 amide bonds. The van der Waals surface area contributed by atoms with Crippen LogP contribution >= 0.6 is 11.6 Å². The van der Waals surface area contributed by atoms with Gasteiger partial charge in [0.15, 0.2) is 5.69 Å². The maximum absolute atomic E-state index is 12.4. The Morgan fingerprint density at radius 3 is 2.72 bits per heavy atom. The summed E-state index contributed by atoms with van der Waals surface area (Å²) in [5, 5.41) is 8.85. The number of carbonyl (C=O) groups excluding carboxylic acids is 1. The molecule has 126 valence electrons. The van der Waals surface area contributed by atoms with Gasteiger partial charge in [0.1, 0.15) is 11.1 Å². The van der Waals surface area contributed by atoms with Crippen molar-refractivity contribution in [3.63, 3.8) is 0 Å². The van der Waals surface area contributed by atoms with Gasteiger partial charge >= 0.3 is 0 Å². The molecular weight excluding hydrogens is 342 g/mol. The lowest BCUT2D eigenvalue weighted by molar-refractivity contribution is 0.0156. The maximum Gasteiger partial charge on any atom is 0.276 e. The highest BCUT2D eigenvalue weighted by molar-refractivity contribution is 6.31. The molecule has 3 heterocycles. The van der Waals surface area contributed by atoms with Crippen LogP contribution in [-0.2, 0) is 0 Å². The fourth-order valence-corrected chi connectivity index (χ4v) is 2.67. The van der Waals surface area contributed by atoms with Crippen LogP contribution in [0.1, 0.15) is 10.5 Å². The molecule has 8 heteroatoms. The van der Waals surface area contributed by atoms with Crippen LogP contribution in [0.15, 0.2) is 54.9 Å². The number of aromatic nitrogens is 4. The number of carbonyl (C=O) groups is 1. The number of para-hydroxylation sites is 1. The largest absolute Gasteiger partial charge is 0.470 e. The second kappa shape index (κ2) is 6.52. The average molecular weight is 356 g/mol. The quantitative estimate of drug-likeness (QED) is 0.717. The van der Waals surface area contributed by atoms with Gasteiger partial charge in [-0.3, -0.25) is 4.79 Å². The number of hydrogen-bond donors (Lipinski definition) is 0. The van der Waals surface area contributed by atoms with Crippen molar-refractivity contribution >= 4 is 17.5 Å². The molecule has 4 rings (SSSR count). The summed E-state index contributed by atoms with van der Waals surface area (Å²) in [6.45, 7) is 0.924. The van der Waals surface area contributed by atoms with E-state index in [0.717, 1.165) is 5.69 Å². The van der Waals surface area contributed by atoms with Crippen molar-refractivity contribution in [2.75, 3.05) is 13.1 Å². The molecule has 3 aromatic rings. The van der Waals surface area contributed by atoms with Crippen molar-refractivity contribution in [2.45, 2.75) is 6.10 Å². The van der Waals surface area contributed by atoms with Crippen LogP contribution in [0.5, 0.6) is 5.88 Å². The summed E-state index contributed by atoms with van der Waals surface area (Å²) >= 11 is 6.02. The number of pyridine rings is 1. The number of halogens is 1. The molecule has 25 heavy (non-hydrogen) atoms. The third-order valence-corrected chi connectivity index (χ3v) is 4.12. The van der Waals surface area contributed by atoms with Crippen LogP contribution in [0.4, 0.5) is 0 Å². The van der Waals surface area contributed by atoms with Gasteiger partial charge in [-0.25, -0.2) is 4.98 Å². The molecule has 0 aliphatic carbocycles. The first-order valence-electron chi connectivity index (χ1n) is 7.75. The summed E-state index contributed by atoms with van der Waals surface area (Å²) in [5.74, 6) is 0.213. The average Bonchev–Trinajstić information content (AvgIpc) is 3.09. The van der Waals surface area contributed by atoms with Gasteiger partial charge in [0, 0.05) is 6.20 Å². The van der Waals surface area contributed by atoms with Gasteiger partial charge in [-0.1, -0.05) is 29.8 Å². The van der Waals surface area contributed by atoms with E-state index in [9.17, 15) is 4.79 Å². The topological polar surface area (TPSA) is 73.1 Å². The first-order valence-corrected chi connectivity index (χ1v) is 8.13. The Morgan fingerprint density at radius 2 is 1.96 bits per heavy atom. The smallest absolute Gasteiger partial charge is 0.276 e. The highest BCUT2D eigenvalue weighted by Crippen LogP contribution is 2.24. The molecule has 7 nitrogen and oxygen atoms in total. The van der Waals surface area contributed by atoms with Crippen LogP contribution < -0.4 is 4.74 Å². The zero-order chi connectivity index (χ0) is 17.2. The zero-order valence-electron chi connectivity index (χ0n) is 13.1. The molecule has 0 saturated carbocycles.